The Kier molecular flexibility index (Phi) is 4.48. The van der Waals surface area contributed by atoms with Crippen LogP contribution in [-0.2, 0) is 6.42 Å². The molecule has 4 aliphatic rings. The van der Waals surface area contributed by atoms with Crippen LogP contribution < -0.4 is 5.32 Å². The fraction of sp³-hybridized carbons (Fsp3) is 0.652. The number of hydrogen-bond donors (Lipinski definition) is 1. The highest BCUT2D eigenvalue weighted by Crippen LogP contribution is 2.59. The summed E-state index contributed by atoms with van der Waals surface area (Å²) < 4.78 is 1.63. The van der Waals surface area contributed by atoms with Crippen molar-refractivity contribution in [2.24, 2.45) is 23.2 Å². The molecule has 2 heterocycles. The number of rotatable bonds is 5. The molecule has 0 aromatic carbocycles. The van der Waals surface area contributed by atoms with Gasteiger partial charge in [0.05, 0.1) is 11.3 Å². The molecular weight excluding hydrogens is 362 g/mol. The molecule has 0 spiro atoms. The monoisotopic (exact) mass is 393 g/mol. The lowest BCUT2D eigenvalue weighted by atomic mass is 9.49. The van der Waals surface area contributed by atoms with Gasteiger partial charge in [0.1, 0.15) is 0 Å². The molecule has 4 saturated carbocycles. The second-order valence-electron chi connectivity index (χ2n) is 9.83. The van der Waals surface area contributed by atoms with Gasteiger partial charge in [0.2, 0.25) is 0 Å². The van der Waals surface area contributed by atoms with Gasteiger partial charge in [-0.15, -0.1) is 0 Å². The Morgan fingerprint density at radius 3 is 2.45 bits per heavy atom. The highest BCUT2D eigenvalue weighted by Gasteiger charge is 2.50. The van der Waals surface area contributed by atoms with Crippen molar-refractivity contribution in [3.05, 3.63) is 34.9 Å². The largest absolute Gasteiger partial charge is 0.351 e. The van der Waals surface area contributed by atoms with Gasteiger partial charge in [-0.2, -0.15) is 5.10 Å². The number of nitrogens with zero attached hydrogens (tertiary/aromatic N) is 4. The molecule has 154 valence electrons. The third-order valence-electron chi connectivity index (χ3n) is 7.54. The zero-order valence-corrected chi connectivity index (χ0v) is 17.7. The molecule has 6 rings (SSSR count). The van der Waals surface area contributed by atoms with E-state index in [9.17, 15) is 4.79 Å². The number of carbonyl (C=O) groups is 1. The molecule has 4 fully saturated rings. The molecule has 1 amide bonds. The molecule has 2 aromatic rings. The van der Waals surface area contributed by atoms with Crippen LogP contribution in [0.4, 0.5) is 0 Å². The average Bonchev–Trinajstić information content (AvgIpc) is 3.07. The Morgan fingerprint density at radius 1 is 1.17 bits per heavy atom. The molecule has 4 bridgehead atoms. The van der Waals surface area contributed by atoms with Crippen molar-refractivity contribution in [2.75, 3.05) is 6.54 Å². The van der Waals surface area contributed by atoms with Crippen molar-refractivity contribution < 1.29 is 4.79 Å². The van der Waals surface area contributed by atoms with Gasteiger partial charge in [0.25, 0.3) is 11.9 Å². The van der Waals surface area contributed by atoms with Crippen LogP contribution in [-0.4, -0.2) is 32.2 Å². The fourth-order valence-corrected chi connectivity index (χ4v) is 6.59. The van der Waals surface area contributed by atoms with E-state index in [1.165, 1.54) is 38.5 Å². The molecule has 0 aliphatic heterocycles. The fourth-order valence-electron chi connectivity index (χ4n) is 6.59. The third-order valence-corrected chi connectivity index (χ3v) is 7.54. The molecule has 2 aromatic heterocycles. The van der Waals surface area contributed by atoms with Crippen LogP contribution >= 0.6 is 0 Å². The van der Waals surface area contributed by atoms with Gasteiger partial charge >= 0.3 is 0 Å². The number of aromatic nitrogens is 4. The van der Waals surface area contributed by atoms with Crippen LogP contribution in [0, 0.1) is 37.0 Å². The minimum atomic E-state index is -0.0210. The van der Waals surface area contributed by atoms with E-state index in [4.69, 9.17) is 0 Å². The maximum Gasteiger partial charge on any atom is 0.254 e. The van der Waals surface area contributed by atoms with Crippen LogP contribution in [0.5, 0.6) is 0 Å². The van der Waals surface area contributed by atoms with E-state index in [0.29, 0.717) is 16.9 Å². The molecule has 0 radical (unpaired) electrons. The van der Waals surface area contributed by atoms with E-state index < -0.39 is 0 Å². The van der Waals surface area contributed by atoms with E-state index >= 15 is 0 Å². The summed E-state index contributed by atoms with van der Waals surface area (Å²) in [6.07, 6.45) is 12.6. The number of carbonyl (C=O) groups excluding carboxylic acids is 1. The zero-order chi connectivity index (χ0) is 20.2. The summed E-state index contributed by atoms with van der Waals surface area (Å²) in [7, 11) is 0. The van der Waals surface area contributed by atoms with Crippen LogP contribution in [0.25, 0.3) is 5.95 Å². The Bertz CT molecular complexity index is 911. The third kappa shape index (κ3) is 3.36. The van der Waals surface area contributed by atoms with Gasteiger partial charge in [-0.25, -0.2) is 14.6 Å². The number of amides is 1. The maximum absolute atomic E-state index is 13.0. The first kappa shape index (κ1) is 18.8. The van der Waals surface area contributed by atoms with E-state index in [2.05, 4.69) is 27.3 Å². The van der Waals surface area contributed by atoms with Gasteiger partial charge in [-0.3, -0.25) is 4.79 Å². The van der Waals surface area contributed by atoms with E-state index in [1.807, 2.05) is 20.0 Å². The molecule has 0 atom stereocenters. The summed E-state index contributed by atoms with van der Waals surface area (Å²) in [5.74, 6) is 3.19. The normalized spacial score (nSPS) is 30.0. The van der Waals surface area contributed by atoms with Gasteiger partial charge < -0.3 is 5.32 Å². The highest BCUT2D eigenvalue weighted by atomic mass is 16.1. The summed E-state index contributed by atoms with van der Waals surface area (Å²) >= 11 is 0. The highest BCUT2D eigenvalue weighted by molar-refractivity contribution is 5.95. The van der Waals surface area contributed by atoms with E-state index in [1.54, 1.807) is 10.9 Å². The SMILES string of the molecule is CCc1nc(-n2cc(C(=O)NCC34CC5CC(CC(C5)C3)C4)c(C)n2)ncc1C. The summed E-state index contributed by atoms with van der Waals surface area (Å²) in [5.41, 5.74) is 3.77. The van der Waals surface area contributed by atoms with Gasteiger partial charge in [-0.1, -0.05) is 6.92 Å². The molecule has 29 heavy (non-hydrogen) atoms. The van der Waals surface area contributed by atoms with Crippen LogP contribution in [0.2, 0.25) is 0 Å². The minimum Gasteiger partial charge on any atom is -0.351 e. The van der Waals surface area contributed by atoms with Crippen molar-refractivity contribution in [2.45, 2.75) is 65.7 Å². The molecule has 0 saturated heterocycles. The maximum atomic E-state index is 13.0. The first-order valence-corrected chi connectivity index (χ1v) is 11.1. The second-order valence-corrected chi connectivity index (χ2v) is 9.83. The van der Waals surface area contributed by atoms with Crippen molar-refractivity contribution in [3.63, 3.8) is 0 Å². The number of nitrogens with one attached hydrogen (secondary N) is 1. The Hall–Kier alpha value is -2.24. The number of aryl methyl sites for hydroxylation is 3. The summed E-state index contributed by atoms with van der Waals surface area (Å²) in [6.45, 7) is 6.78. The van der Waals surface area contributed by atoms with Crippen molar-refractivity contribution in [1.29, 1.82) is 0 Å². The predicted octanol–water partition coefficient (Wildman–Crippen LogP) is 3.79. The lowest BCUT2D eigenvalue weighted by molar-refractivity contribution is -0.0503. The lowest BCUT2D eigenvalue weighted by Gasteiger charge is -2.56. The van der Waals surface area contributed by atoms with Crippen LogP contribution in [0.1, 0.15) is 72.8 Å². The van der Waals surface area contributed by atoms with Gasteiger partial charge in [0, 0.05) is 24.6 Å². The van der Waals surface area contributed by atoms with Gasteiger partial charge in [-0.05, 0) is 87.5 Å². The standard InChI is InChI=1S/C23H31N5O/c1-4-20-14(2)11-24-22(26-20)28-12-19(15(3)27-28)21(29)25-13-23-8-16-5-17(9-23)7-18(6-16)10-23/h11-12,16-18H,4-10,13H2,1-3H3,(H,25,29). The first-order chi connectivity index (χ1) is 13.9. The topological polar surface area (TPSA) is 72.7 Å². The van der Waals surface area contributed by atoms with Crippen molar-refractivity contribution in [1.82, 2.24) is 25.1 Å². The van der Waals surface area contributed by atoms with Crippen LogP contribution in [0.15, 0.2) is 12.4 Å². The Morgan fingerprint density at radius 2 is 1.83 bits per heavy atom. The molecule has 0 unspecified atom stereocenters. The molecule has 4 aliphatic carbocycles. The zero-order valence-electron chi connectivity index (χ0n) is 17.7. The predicted molar refractivity (Wildman–Crippen MR) is 111 cm³/mol. The van der Waals surface area contributed by atoms with Gasteiger partial charge in [0.15, 0.2) is 0 Å². The quantitative estimate of drug-likeness (QED) is 0.839. The smallest absolute Gasteiger partial charge is 0.254 e. The molecule has 1 N–H and O–H groups in total. The molecular formula is C23H31N5O. The van der Waals surface area contributed by atoms with E-state index in [0.717, 1.165) is 47.7 Å². The average molecular weight is 394 g/mol. The first-order valence-electron chi connectivity index (χ1n) is 11.1. The summed E-state index contributed by atoms with van der Waals surface area (Å²) in [5, 5.41) is 7.77. The molecule has 6 nitrogen and oxygen atoms in total. The summed E-state index contributed by atoms with van der Waals surface area (Å²) in [6, 6.07) is 0. The molecule has 6 heteroatoms. The summed E-state index contributed by atoms with van der Waals surface area (Å²) in [4.78, 5) is 22.0. The number of hydrogen-bond acceptors (Lipinski definition) is 4. The van der Waals surface area contributed by atoms with Crippen LogP contribution in [0.3, 0.4) is 0 Å². The lowest BCUT2D eigenvalue weighted by Crippen LogP contribution is -2.51. The van der Waals surface area contributed by atoms with Crippen molar-refractivity contribution in [3.8, 4) is 5.95 Å². The second kappa shape index (κ2) is 6.92. The van der Waals surface area contributed by atoms with Crippen molar-refractivity contribution >= 4 is 5.91 Å². The van der Waals surface area contributed by atoms with E-state index in [-0.39, 0.29) is 5.91 Å². The minimum absolute atomic E-state index is 0.0210. The Balaban J connectivity index is 1.31. The Labute approximate surface area is 172 Å².